The molecule has 4 rings (SSSR count). The second-order valence-electron chi connectivity index (χ2n) is 8.15. The highest BCUT2D eigenvalue weighted by molar-refractivity contribution is 6.36. The molecule has 0 bridgehead atoms. The fourth-order valence-corrected chi connectivity index (χ4v) is 4.10. The van der Waals surface area contributed by atoms with E-state index in [1.54, 1.807) is 0 Å². The van der Waals surface area contributed by atoms with Crippen molar-refractivity contribution in [3.05, 3.63) is 101 Å². The summed E-state index contributed by atoms with van der Waals surface area (Å²) in [4.78, 5) is 28.3. The highest BCUT2D eigenvalue weighted by Crippen LogP contribution is 2.33. The lowest BCUT2D eigenvalue weighted by atomic mass is 9.97. The van der Waals surface area contributed by atoms with Crippen LogP contribution in [0.3, 0.4) is 0 Å². The van der Waals surface area contributed by atoms with Crippen molar-refractivity contribution in [2.24, 2.45) is 0 Å². The summed E-state index contributed by atoms with van der Waals surface area (Å²) in [7, 11) is 0. The number of carbonyl (C=O) groups is 2. The van der Waals surface area contributed by atoms with Crippen LogP contribution in [0.4, 0.5) is 5.69 Å². The van der Waals surface area contributed by atoms with E-state index in [1.807, 2.05) is 93.6 Å². The van der Waals surface area contributed by atoms with Crippen molar-refractivity contribution in [3.63, 3.8) is 0 Å². The Kier molecular flexibility index (Phi) is 6.59. The predicted molar refractivity (Wildman–Crippen MR) is 131 cm³/mol. The molecule has 1 aliphatic heterocycles. The Labute approximate surface area is 194 Å². The molecule has 3 aromatic rings. The van der Waals surface area contributed by atoms with Gasteiger partial charge in [-0.2, -0.15) is 0 Å². The van der Waals surface area contributed by atoms with Gasteiger partial charge in [0.1, 0.15) is 11.4 Å². The third-order valence-electron chi connectivity index (χ3n) is 5.70. The normalized spacial score (nSPS) is 13.6. The molecular weight excluding hydrogens is 412 g/mol. The smallest absolute Gasteiger partial charge is 0.278 e. The van der Waals surface area contributed by atoms with Crippen molar-refractivity contribution in [1.82, 2.24) is 4.90 Å². The molecule has 168 valence electrons. The average Bonchev–Trinajstić information content (AvgIpc) is 3.03. The van der Waals surface area contributed by atoms with E-state index in [0.717, 1.165) is 22.3 Å². The Morgan fingerprint density at radius 3 is 2.39 bits per heavy atom. The highest BCUT2D eigenvalue weighted by atomic mass is 16.5. The molecule has 0 aromatic heterocycles. The van der Waals surface area contributed by atoms with Gasteiger partial charge in [0, 0.05) is 18.3 Å². The lowest BCUT2D eigenvalue weighted by Crippen LogP contribution is -2.34. The molecule has 5 heteroatoms. The Balaban J connectivity index is 1.70. The average molecular weight is 441 g/mol. The monoisotopic (exact) mass is 440 g/mol. The van der Waals surface area contributed by atoms with E-state index in [-0.39, 0.29) is 11.8 Å². The summed E-state index contributed by atoms with van der Waals surface area (Å²) < 4.78 is 5.59. The number of rotatable bonds is 8. The van der Waals surface area contributed by atoms with Gasteiger partial charge in [-0.15, -0.1) is 0 Å². The lowest BCUT2D eigenvalue weighted by molar-refractivity contribution is -0.136. The summed E-state index contributed by atoms with van der Waals surface area (Å²) in [6.07, 6.45) is 0.603. The van der Waals surface area contributed by atoms with Gasteiger partial charge in [0.25, 0.3) is 11.8 Å². The van der Waals surface area contributed by atoms with E-state index < -0.39 is 0 Å². The predicted octanol–water partition coefficient (Wildman–Crippen LogP) is 5.14. The van der Waals surface area contributed by atoms with Gasteiger partial charge in [-0.05, 0) is 56.0 Å². The van der Waals surface area contributed by atoms with Crippen LogP contribution < -0.4 is 10.1 Å². The van der Waals surface area contributed by atoms with E-state index in [1.165, 1.54) is 4.90 Å². The summed E-state index contributed by atoms with van der Waals surface area (Å²) >= 11 is 0. The number of amides is 2. The van der Waals surface area contributed by atoms with Gasteiger partial charge in [0.2, 0.25) is 0 Å². The standard InChI is InChI=1S/C28H28N2O3/c1-4-33-23-12-8-11-22(18-23)29-26-25(24-14-13-19(2)17-20(24)3)27(31)30(28(26)32)16-15-21-9-6-5-7-10-21/h5-14,17-18,29H,4,15-16H2,1-3H3. The number of ether oxygens (including phenoxy) is 1. The van der Waals surface area contributed by atoms with Gasteiger partial charge in [0.05, 0.1) is 12.2 Å². The van der Waals surface area contributed by atoms with Crippen LogP contribution in [0.1, 0.15) is 29.2 Å². The number of anilines is 1. The van der Waals surface area contributed by atoms with Crippen LogP contribution >= 0.6 is 0 Å². The number of benzene rings is 3. The first kappa shape index (κ1) is 22.3. The molecule has 0 atom stereocenters. The molecule has 0 saturated heterocycles. The maximum Gasteiger partial charge on any atom is 0.278 e. The fourth-order valence-electron chi connectivity index (χ4n) is 4.10. The Morgan fingerprint density at radius 1 is 0.879 bits per heavy atom. The van der Waals surface area contributed by atoms with Gasteiger partial charge >= 0.3 is 0 Å². The van der Waals surface area contributed by atoms with E-state index in [2.05, 4.69) is 5.32 Å². The number of aryl methyl sites for hydroxylation is 2. The summed E-state index contributed by atoms with van der Waals surface area (Å²) in [5.41, 5.74) is 5.32. The topological polar surface area (TPSA) is 58.6 Å². The van der Waals surface area contributed by atoms with Crippen LogP contribution in [0, 0.1) is 13.8 Å². The van der Waals surface area contributed by atoms with Crippen LogP contribution in [-0.4, -0.2) is 29.9 Å². The largest absolute Gasteiger partial charge is 0.494 e. The molecular formula is C28H28N2O3. The molecule has 1 aliphatic rings. The minimum atomic E-state index is -0.312. The maximum absolute atomic E-state index is 13.5. The van der Waals surface area contributed by atoms with E-state index in [0.29, 0.717) is 42.3 Å². The number of carbonyl (C=O) groups excluding carboxylic acids is 2. The Hall–Kier alpha value is -3.86. The summed E-state index contributed by atoms with van der Waals surface area (Å²) in [6, 6.07) is 23.2. The maximum atomic E-state index is 13.5. The van der Waals surface area contributed by atoms with Crippen molar-refractivity contribution in [3.8, 4) is 5.75 Å². The number of nitrogens with zero attached hydrogens (tertiary/aromatic N) is 1. The molecule has 0 aliphatic carbocycles. The van der Waals surface area contributed by atoms with Crippen LogP contribution in [-0.2, 0) is 16.0 Å². The molecule has 33 heavy (non-hydrogen) atoms. The van der Waals surface area contributed by atoms with Gasteiger partial charge in [0.15, 0.2) is 0 Å². The van der Waals surface area contributed by atoms with Crippen molar-refractivity contribution in [2.45, 2.75) is 27.2 Å². The van der Waals surface area contributed by atoms with Crippen LogP contribution in [0.2, 0.25) is 0 Å². The van der Waals surface area contributed by atoms with Gasteiger partial charge in [-0.3, -0.25) is 14.5 Å². The molecule has 0 saturated carbocycles. The lowest BCUT2D eigenvalue weighted by Gasteiger charge is -2.15. The molecule has 0 fully saturated rings. The third-order valence-corrected chi connectivity index (χ3v) is 5.70. The number of hydrogen-bond acceptors (Lipinski definition) is 4. The Bertz CT molecular complexity index is 1210. The minimum Gasteiger partial charge on any atom is -0.494 e. The van der Waals surface area contributed by atoms with Gasteiger partial charge < -0.3 is 10.1 Å². The second-order valence-corrected chi connectivity index (χ2v) is 8.15. The van der Waals surface area contributed by atoms with E-state index >= 15 is 0 Å². The SMILES string of the molecule is CCOc1cccc(NC2=C(c3ccc(C)cc3C)C(=O)N(CCc3ccccc3)C2=O)c1. The first-order valence-electron chi connectivity index (χ1n) is 11.2. The van der Waals surface area contributed by atoms with E-state index in [9.17, 15) is 9.59 Å². The van der Waals surface area contributed by atoms with Crippen molar-refractivity contribution < 1.29 is 14.3 Å². The number of nitrogens with one attached hydrogen (secondary N) is 1. The van der Waals surface area contributed by atoms with Crippen LogP contribution in [0.15, 0.2) is 78.5 Å². The van der Waals surface area contributed by atoms with Gasteiger partial charge in [-0.25, -0.2) is 0 Å². The molecule has 0 unspecified atom stereocenters. The highest BCUT2D eigenvalue weighted by Gasteiger charge is 2.39. The summed E-state index contributed by atoms with van der Waals surface area (Å²) in [5, 5.41) is 3.23. The first-order valence-corrected chi connectivity index (χ1v) is 11.2. The van der Waals surface area contributed by atoms with Crippen molar-refractivity contribution >= 4 is 23.1 Å². The van der Waals surface area contributed by atoms with Gasteiger partial charge in [-0.1, -0.05) is 60.2 Å². The molecule has 1 N–H and O–H groups in total. The number of imide groups is 1. The molecule has 1 heterocycles. The van der Waals surface area contributed by atoms with Crippen LogP contribution in [0.5, 0.6) is 5.75 Å². The second kappa shape index (κ2) is 9.74. The van der Waals surface area contributed by atoms with E-state index in [4.69, 9.17) is 4.74 Å². The van der Waals surface area contributed by atoms with Crippen molar-refractivity contribution in [1.29, 1.82) is 0 Å². The first-order chi connectivity index (χ1) is 16.0. The summed E-state index contributed by atoms with van der Waals surface area (Å²) in [5.74, 6) is 0.118. The minimum absolute atomic E-state index is 0.272. The number of hydrogen-bond donors (Lipinski definition) is 1. The zero-order chi connectivity index (χ0) is 23.4. The zero-order valence-electron chi connectivity index (χ0n) is 19.2. The molecule has 5 nitrogen and oxygen atoms in total. The van der Waals surface area contributed by atoms with Crippen LogP contribution in [0.25, 0.3) is 5.57 Å². The van der Waals surface area contributed by atoms with Crippen molar-refractivity contribution in [2.75, 3.05) is 18.5 Å². The Morgan fingerprint density at radius 2 is 1.67 bits per heavy atom. The molecule has 3 aromatic carbocycles. The molecule has 0 radical (unpaired) electrons. The fraction of sp³-hybridized carbons (Fsp3) is 0.214. The zero-order valence-corrected chi connectivity index (χ0v) is 19.2. The molecule has 2 amide bonds. The summed E-state index contributed by atoms with van der Waals surface area (Å²) in [6.45, 7) is 6.76. The quantitative estimate of drug-likeness (QED) is 0.493. The molecule has 0 spiro atoms. The third kappa shape index (κ3) is 4.82.